The summed E-state index contributed by atoms with van der Waals surface area (Å²) in [6, 6.07) is 0. The number of rotatable bonds is 2. The zero-order valence-corrected chi connectivity index (χ0v) is 13.3. The molecule has 0 bridgehead atoms. The third-order valence-corrected chi connectivity index (χ3v) is 4.26. The Hall–Kier alpha value is -1.66. The predicted molar refractivity (Wildman–Crippen MR) is 86.9 cm³/mol. The van der Waals surface area contributed by atoms with Crippen molar-refractivity contribution in [1.29, 1.82) is 0 Å². The number of anilines is 2. The second-order valence-corrected chi connectivity index (χ2v) is 6.19. The van der Waals surface area contributed by atoms with E-state index in [1.54, 1.807) is 6.33 Å². The van der Waals surface area contributed by atoms with Crippen LogP contribution in [0.1, 0.15) is 48.9 Å². The van der Waals surface area contributed by atoms with E-state index in [1.165, 1.54) is 32.0 Å². The van der Waals surface area contributed by atoms with Crippen molar-refractivity contribution in [1.82, 2.24) is 19.9 Å². The van der Waals surface area contributed by atoms with Crippen molar-refractivity contribution in [2.75, 3.05) is 11.5 Å². The Kier molecular flexibility index (Phi) is 4.31. The maximum atomic E-state index is 6.04. The zero-order valence-electron chi connectivity index (χ0n) is 11.8. The van der Waals surface area contributed by atoms with Gasteiger partial charge in [0.15, 0.2) is 10.3 Å². The number of halogens is 2. The molecule has 0 amide bonds. The van der Waals surface area contributed by atoms with E-state index in [1.807, 2.05) is 0 Å². The predicted octanol–water partition coefficient (Wildman–Crippen LogP) is 3.18. The Bertz CT molecular complexity index is 635. The van der Waals surface area contributed by atoms with Crippen molar-refractivity contribution >= 4 is 34.6 Å². The second-order valence-electron chi connectivity index (χ2n) is 5.48. The molecule has 4 N–H and O–H groups in total. The number of nitrogens with two attached hydrogens (primary N) is 2. The topological polar surface area (TPSA) is 104 Å². The molecule has 0 aromatic carbocycles. The molecular formula is C14H16Cl2N6. The SMILES string of the molecule is Nc1c(C2CC2)ncnc1C1CC1.Nc1c(Cl)ncnc1Cl. The molecule has 0 unspecified atom stereocenters. The molecule has 0 atom stereocenters. The maximum Gasteiger partial charge on any atom is 0.156 e. The molecule has 0 radical (unpaired) electrons. The normalized spacial score (nSPS) is 16.8. The summed E-state index contributed by atoms with van der Waals surface area (Å²) >= 11 is 10.9. The van der Waals surface area contributed by atoms with Gasteiger partial charge in [0, 0.05) is 11.8 Å². The molecule has 0 aliphatic heterocycles. The highest BCUT2D eigenvalue weighted by Gasteiger charge is 2.32. The van der Waals surface area contributed by atoms with Gasteiger partial charge < -0.3 is 11.5 Å². The fourth-order valence-corrected chi connectivity index (χ4v) is 2.46. The van der Waals surface area contributed by atoms with E-state index < -0.39 is 0 Å². The van der Waals surface area contributed by atoms with E-state index in [0.29, 0.717) is 11.8 Å². The van der Waals surface area contributed by atoms with Gasteiger partial charge in [-0.15, -0.1) is 0 Å². The molecule has 2 fully saturated rings. The van der Waals surface area contributed by atoms with Crippen LogP contribution in [-0.2, 0) is 0 Å². The van der Waals surface area contributed by atoms with E-state index in [4.69, 9.17) is 34.7 Å². The molecule has 2 aromatic heterocycles. The standard InChI is InChI=1S/C10H13N3.C4H3Cl2N3/c11-8-9(6-1-2-6)12-5-13-10(8)7-3-4-7;5-3-2(7)4(6)9-1-8-3/h5-7H,1-4,11H2;1H,7H2. The van der Waals surface area contributed by atoms with Crippen molar-refractivity contribution < 1.29 is 0 Å². The van der Waals surface area contributed by atoms with Crippen LogP contribution in [0.3, 0.4) is 0 Å². The van der Waals surface area contributed by atoms with Crippen LogP contribution in [0.5, 0.6) is 0 Å². The minimum absolute atomic E-state index is 0.190. The first-order valence-corrected chi connectivity index (χ1v) is 7.85. The minimum atomic E-state index is 0.190. The molecule has 2 saturated carbocycles. The van der Waals surface area contributed by atoms with Crippen molar-refractivity contribution in [3.63, 3.8) is 0 Å². The van der Waals surface area contributed by atoms with Crippen LogP contribution >= 0.6 is 23.2 Å². The highest BCUT2D eigenvalue weighted by atomic mass is 35.5. The molecule has 2 aliphatic rings. The van der Waals surface area contributed by atoms with Gasteiger partial charge in [-0.1, -0.05) is 23.2 Å². The van der Waals surface area contributed by atoms with Crippen LogP contribution in [0.15, 0.2) is 12.7 Å². The quantitative estimate of drug-likeness (QED) is 0.815. The molecule has 2 aliphatic carbocycles. The Labute approximate surface area is 138 Å². The summed E-state index contributed by atoms with van der Waals surface area (Å²) in [4.78, 5) is 15.7. The number of nitrogens with zero attached hydrogens (tertiary/aromatic N) is 4. The van der Waals surface area contributed by atoms with Gasteiger partial charge in [-0.05, 0) is 25.7 Å². The number of hydrogen-bond donors (Lipinski definition) is 2. The summed E-state index contributed by atoms with van der Waals surface area (Å²) in [5.74, 6) is 1.28. The van der Waals surface area contributed by atoms with Crippen molar-refractivity contribution in [2.24, 2.45) is 0 Å². The Morgan fingerprint density at radius 1 is 0.727 bits per heavy atom. The summed E-state index contributed by atoms with van der Waals surface area (Å²) in [5, 5.41) is 0.380. The van der Waals surface area contributed by atoms with Crippen LogP contribution in [0, 0.1) is 0 Å². The van der Waals surface area contributed by atoms with E-state index in [9.17, 15) is 0 Å². The van der Waals surface area contributed by atoms with Crippen molar-refractivity contribution in [3.8, 4) is 0 Å². The lowest BCUT2D eigenvalue weighted by atomic mass is 10.1. The first-order chi connectivity index (χ1) is 10.6. The second kappa shape index (κ2) is 6.22. The van der Waals surface area contributed by atoms with Gasteiger partial charge in [0.05, 0.1) is 17.1 Å². The van der Waals surface area contributed by atoms with Gasteiger partial charge in [0.1, 0.15) is 18.3 Å². The number of aromatic nitrogens is 4. The molecule has 2 heterocycles. The summed E-state index contributed by atoms with van der Waals surface area (Å²) in [6.45, 7) is 0. The van der Waals surface area contributed by atoms with Gasteiger partial charge in [0.2, 0.25) is 0 Å². The van der Waals surface area contributed by atoms with Gasteiger partial charge in [-0.25, -0.2) is 19.9 Å². The lowest BCUT2D eigenvalue weighted by Crippen LogP contribution is -2.03. The molecular weight excluding hydrogens is 323 g/mol. The average molecular weight is 339 g/mol. The van der Waals surface area contributed by atoms with Crippen LogP contribution in [0.2, 0.25) is 10.3 Å². The highest BCUT2D eigenvalue weighted by molar-refractivity contribution is 6.37. The van der Waals surface area contributed by atoms with Gasteiger partial charge >= 0.3 is 0 Å². The molecule has 6 nitrogen and oxygen atoms in total. The molecule has 22 heavy (non-hydrogen) atoms. The van der Waals surface area contributed by atoms with E-state index >= 15 is 0 Å². The Balaban J connectivity index is 0.000000142. The smallest absolute Gasteiger partial charge is 0.156 e. The van der Waals surface area contributed by atoms with Crippen LogP contribution in [0.4, 0.5) is 11.4 Å². The van der Waals surface area contributed by atoms with Crippen LogP contribution < -0.4 is 11.5 Å². The van der Waals surface area contributed by atoms with Gasteiger partial charge in [0.25, 0.3) is 0 Å². The summed E-state index contributed by atoms with van der Waals surface area (Å²) in [5.41, 5.74) is 14.7. The molecule has 116 valence electrons. The molecule has 8 heteroatoms. The fraction of sp³-hybridized carbons (Fsp3) is 0.429. The van der Waals surface area contributed by atoms with Crippen LogP contribution in [0.25, 0.3) is 0 Å². The number of nitrogen functional groups attached to an aromatic ring is 2. The first kappa shape index (κ1) is 15.2. The number of hydrogen-bond acceptors (Lipinski definition) is 6. The summed E-state index contributed by atoms with van der Waals surface area (Å²) in [6.07, 6.45) is 7.95. The Morgan fingerprint density at radius 3 is 1.50 bits per heavy atom. The third-order valence-electron chi connectivity index (χ3n) is 3.66. The fourth-order valence-electron chi connectivity index (χ4n) is 2.14. The monoisotopic (exact) mass is 338 g/mol. The summed E-state index contributed by atoms with van der Waals surface area (Å²) < 4.78 is 0. The van der Waals surface area contributed by atoms with Crippen molar-refractivity contribution in [2.45, 2.75) is 37.5 Å². The minimum Gasteiger partial charge on any atom is -0.396 e. The average Bonchev–Trinajstić information content (AvgIpc) is 3.38. The molecule has 0 spiro atoms. The van der Waals surface area contributed by atoms with Gasteiger partial charge in [-0.2, -0.15) is 0 Å². The molecule has 0 saturated heterocycles. The first-order valence-electron chi connectivity index (χ1n) is 7.09. The van der Waals surface area contributed by atoms with E-state index in [-0.39, 0.29) is 16.0 Å². The van der Waals surface area contributed by atoms with Crippen molar-refractivity contribution in [3.05, 3.63) is 34.3 Å². The lowest BCUT2D eigenvalue weighted by Gasteiger charge is -2.06. The third kappa shape index (κ3) is 3.39. The maximum absolute atomic E-state index is 6.04. The molecule has 2 aromatic rings. The highest BCUT2D eigenvalue weighted by Crippen LogP contribution is 2.46. The van der Waals surface area contributed by atoms with E-state index in [0.717, 1.165) is 17.1 Å². The Morgan fingerprint density at radius 2 is 1.14 bits per heavy atom. The zero-order chi connectivity index (χ0) is 15.7. The van der Waals surface area contributed by atoms with E-state index in [2.05, 4.69) is 19.9 Å². The largest absolute Gasteiger partial charge is 0.396 e. The lowest BCUT2D eigenvalue weighted by molar-refractivity contribution is 0.931. The summed E-state index contributed by atoms with van der Waals surface area (Å²) in [7, 11) is 0. The molecule has 4 rings (SSSR count). The van der Waals surface area contributed by atoms with Gasteiger partial charge in [-0.3, -0.25) is 0 Å². The van der Waals surface area contributed by atoms with Crippen LogP contribution in [-0.4, -0.2) is 19.9 Å².